The van der Waals surface area contributed by atoms with Crippen LogP contribution in [-0.2, 0) is 12.8 Å². The lowest BCUT2D eigenvalue weighted by atomic mass is 9.77. The Morgan fingerprint density at radius 1 is 1.38 bits per heavy atom. The van der Waals surface area contributed by atoms with Crippen LogP contribution in [0.3, 0.4) is 0 Å². The van der Waals surface area contributed by atoms with Crippen LogP contribution in [-0.4, -0.2) is 10.7 Å². The minimum atomic E-state index is -0.499. The van der Waals surface area contributed by atoms with Gasteiger partial charge in [0.25, 0.3) is 0 Å². The first-order chi connectivity index (χ1) is 7.59. The fraction of sp³-hybridized carbons (Fsp3) is 0.714. The predicted octanol–water partition coefficient (Wildman–Crippen LogP) is 3.79. The van der Waals surface area contributed by atoms with Gasteiger partial charge in [0.2, 0.25) is 0 Å². The van der Waals surface area contributed by atoms with Gasteiger partial charge in [-0.3, -0.25) is 0 Å². The van der Waals surface area contributed by atoms with E-state index in [-0.39, 0.29) is 0 Å². The molecule has 0 aliphatic heterocycles. The van der Waals surface area contributed by atoms with Crippen molar-refractivity contribution in [2.75, 3.05) is 0 Å². The number of thiophene rings is 1. The van der Waals surface area contributed by atoms with E-state index in [9.17, 15) is 5.11 Å². The van der Waals surface area contributed by atoms with Crippen molar-refractivity contribution < 1.29 is 5.11 Å². The molecule has 16 heavy (non-hydrogen) atoms. The summed E-state index contributed by atoms with van der Waals surface area (Å²) in [7, 11) is 0. The SMILES string of the molecule is CCc1ccc(CC(C)(O)CC2CCC2)s1. The van der Waals surface area contributed by atoms with Crippen molar-refractivity contribution >= 4 is 11.3 Å². The second-order valence-electron chi connectivity index (χ2n) is 5.40. The normalized spacial score (nSPS) is 20.4. The van der Waals surface area contributed by atoms with E-state index in [1.54, 1.807) is 0 Å². The van der Waals surface area contributed by atoms with E-state index < -0.39 is 5.60 Å². The average Bonchev–Trinajstić information content (AvgIpc) is 2.59. The fourth-order valence-electron chi connectivity index (χ4n) is 2.47. The Hall–Kier alpha value is -0.340. The van der Waals surface area contributed by atoms with Gasteiger partial charge in [0, 0.05) is 16.2 Å². The van der Waals surface area contributed by atoms with Crippen LogP contribution in [0.1, 0.15) is 49.3 Å². The second-order valence-corrected chi connectivity index (χ2v) is 6.65. The maximum atomic E-state index is 10.4. The van der Waals surface area contributed by atoms with Gasteiger partial charge in [-0.2, -0.15) is 0 Å². The van der Waals surface area contributed by atoms with Gasteiger partial charge in [-0.05, 0) is 37.8 Å². The third kappa shape index (κ3) is 3.08. The van der Waals surface area contributed by atoms with Gasteiger partial charge in [-0.15, -0.1) is 11.3 Å². The highest BCUT2D eigenvalue weighted by Crippen LogP contribution is 2.35. The Morgan fingerprint density at radius 3 is 2.56 bits per heavy atom. The average molecular weight is 238 g/mol. The third-order valence-corrected chi connectivity index (χ3v) is 4.80. The van der Waals surface area contributed by atoms with Crippen LogP contribution in [0.25, 0.3) is 0 Å². The first-order valence-electron chi connectivity index (χ1n) is 6.39. The monoisotopic (exact) mass is 238 g/mol. The van der Waals surface area contributed by atoms with Crippen molar-refractivity contribution in [3.05, 3.63) is 21.9 Å². The summed E-state index contributed by atoms with van der Waals surface area (Å²) in [6, 6.07) is 4.37. The van der Waals surface area contributed by atoms with Gasteiger partial charge in [-0.1, -0.05) is 26.2 Å². The lowest BCUT2D eigenvalue weighted by molar-refractivity contribution is 0.0211. The molecule has 1 aliphatic carbocycles. The van der Waals surface area contributed by atoms with Crippen LogP contribution in [0.5, 0.6) is 0 Å². The van der Waals surface area contributed by atoms with Gasteiger partial charge in [0.05, 0.1) is 5.60 Å². The summed E-state index contributed by atoms with van der Waals surface area (Å²) >= 11 is 1.85. The first-order valence-corrected chi connectivity index (χ1v) is 7.21. The smallest absolute Gasteiger partial charge is 0.0670 e. The van der Waals surface area contributed by atoms with Crippen molar-refractivity contribution in [2.24, 2.45) is 5.92 Å². The molecule has 1 unspecified atom stereocenters. The maximum Gasteiger partial charge on any atom is 0.0670 e. The van der Waals surface area contributed by atoms with Crippen LogP contribution in [0.2, 0.25) is 0 Å². The van der Waals surface area contributed by atoms with Crippen LogP contribution in [0, 0.1) is 5.92 Å². The molecule has 1 atom stereocenters. The zero-order valence-corrected chi connectivity index (χ0v) is 11.1. The molecular formula is C14H22OS. The second kappa shape index (κ2) is 4.89. The summed E-state index contributed by atoms with van der Waals surface area (Å²) < 4.78 is 0. The summed E-state index contributed by atoms with van der Waals surface area (Å²) in [6.45, 7) is 4.18. The molecule has 0 aromatic carbocycles. The largest absolute Gasteiger partial charge is 0.390 e. The molecule has 0 radical (unpaired) electrons. The number of aliphatic hydroxyl groups is 1. The molecule has 2 heteroatoms. The molecule has 1 saturated carbocycles. The number of rotatable bonds is 5. The highest BCUT2D eigenvalue weighted by molar-refractivity contribution is 7.12. The van der Waals surface area contributed by atoms with Crippen molar-refractivity contribution in [1.82, 2.24) is 0 Å². The minimum absolute atomic E-state index is 0.499. The summed E-state index contributed by atoms with van der Waals surface area (Å²) in [5, 5.41) is 10.4. The predicted molar refractivity (Wildman–Crippen MR) is 70.0 cm³/mol. The molecule has 0 spiro atoms. The Kier molecular flexibility index (Phi) is 3.70. The van der Waals surface area contributed by atoms with Crippen molar-refractivity contribution in [3.63, 3.8) is 0 Å². The maximum absolute atomic E-state index is 10.4. The Morgan fingerprint density at radius 2 is 2.06 bits per heavy atom. The lowest BCUT2D eigenvalue weighted by Crippen LogP contribution is -2.32. The summed E-state index contributed by atoms with van der Waals surface area (Å²) in [4.78, 5) is 2.76. The van der Waals surface area contributed by atoms with E-state index >= 15 is 0 Å². The van der Waals surface area contributed by atoms with Gasteiger partial charge < -0.3 is 5.11 Å². The molecule has 1 fully saturated rings. The molecule has 1 N–H and O–H groups in total. The first kappa shape index (κ1) is 12.1. The Bertz CT molecular complexity index is 336. The molecular weight excluding hydrogens is 216 g/mol. The van der Waals surface area contributed by atoms with Crippen LogP contribution < -0.4 is 0 Å². The summed E-state index contributed by atoms with van der Waals surface area (Å²) in [6.07, 6.45) is 6.91. The topological polar surface area (TPSA) is 20.2 Å². The lowest BCUT2D eigenvalue weighted by Gasteiger charge is -2.33. The van der Waals surface area contributed by atoms with Crippen molar-refractivity contribution in [2.45, 2.75) is 58.0 Å². The van der Waals surface area contributed by atoms with Gasteiger partial charge >= 0.3 is 0 Å². The van der Waals surface area contributed by atoms with Crippen LogP contribution in [0.15, 0.2) is 12.1 Å². The highest BCUT2D eigenvalue weighted by Gasteiger charge is 2.29. The molecule has 0 amide bonds. The third-order valence-electron chi connectivity index (χ3n) is 3.57. The number of hydrogen-bond acceptors (Lipinski definition) is 2. The summed E-state index contributed by atoms with van der Waals surface area (Å²) in [5.41, 5.74) is -0.499. The molecule has 1 aromatic heterocycles. The quantitative estimate of drug-likeness (QED) is 0.827. The minimum Gasteiger partial charge on any atom is -0.390 e. The van der Waals surface area contributed by atoms with E-state index in [1.807, 2.05) is 18.3 Å². The molecule has 2 rings (SSSR count). The Labute approximate surface area is 103 Å². The van der Waals surface area contributed by atoms with E-state index in [2.05, 4.69) is 19.1 Å². The Balaban J connectivity index is 1.90. The van der Waals surface area contributed by atoms with E-state index in [0.29, 0.717) is 0 Å². The van der Waals surface area contributed by atoms with Crippen molar-refractivity contribution in [1.29, 1.82) is 0 Å². The summed E-state index contributed by atoms with van der Waals surface area (Å²) in [5.74, 6) is 0.778. The molecule has 1 heterocycles. The van der Waals surface area contributed by atoms with Gasteiger partial charge in [0.1, 0.15) is 0 Å². The fourth-order valence-corrected chi connectivity index (χ4v) is 3.61. The molecule has 1 nitrogen and oxygen atoms in total. The van der Waals surface area contributed by atoms with E-state index in [0.717, 1.165) is 25.2 Å². The molecule has 90 valence electrons. The molecule has 1 aliphatic rings. The zero-order valence-electron chi connectivity index (χ0n) is 10.3. The number of hydrogen-bond donors (Lipinski definition) is 1. The molecule has 0 saturated heterocycles. The van der Waals surface area contributed by atoms with E-state index in [4.69, 9.17) is 0 Å². The zero-order chi connectivity index (χ0) is 11.6. The van der Waals surface area contributed by atoms with Gasteiger partial charge in [0.15, 0.2) is 0 Å². The highest BCUT2D eigenvalue weighted by atomic mass is 32.1. The molecule has 1 aromatic rings. The van der Waals surface area contributed by atoms with Crippen LogP contribution in [0.4, 0.5) is 0 Å². The van der Waals surface area contributed by atoms with Gasteiger partial charge in [-0.25, -0.2) is 0 Å². The molecule has 0 bridgehead atoms. The van der Waals surface area contributed by atoms with Crippen molar-refractivity contribution in [3.8, 4) is 0 Å². The van der Waals surface area contributed by atoms with Crippen LogP contribution >= 0.6 is 11.3 Å². The standard InChI is InChI=1S/C14H22OS/c1-3-12-7-8-13(16-12)10-14(2,15)9-11-5-4-6-11/h7-8,11,15H,3-6,9-10H2,1-2H3. The van der Waals surface area contributed by atoms with E-state index in [1.165, 1.54) is 29.0 Å². The number of aryl methyl sites for hydroxylation is 1.